The van der Waals surface area contributed by atoms with E-state index in [4.69, 9.17) is 0 Å². The lowest BCUT2D eigenvalue weighted by Crippen LogP contribution is -2.31. The van der Waals surface area contributed by atoms with Crippen molar-refractivity contribution in [1.82, 2.24) is 0 Å². The molecule has 4 atom stereocenters. The summed E-state index contributed by atoms with van der Waals surface area (Å²) in [4.78, 5) is 0. The zero-order chi connectivity index (χ0) is 20.2. The molecule has 0 N–H and O–H groups in total. The van der Waals surface area contributed by atoms with Crippen molar-refractivity contribution in [2.75, 3.05) is 0 Å². The molecule has 3 aliphatic carbocycles. The average Bonchev–Trinajstić information content (AvgIpc) is 2.83. The van der Waals surface area contributed by atoms with Crippen LogP contribution >= 0.6 is 0 Å². The Hall–Kier alpha value is -3.04. The minimum atomic E-state index is 0.590. The molecule has 0 radical (unpaired) electrons. The Labute approximate surface area is 180 Å². The van der Waals surface area contributed by atoms with Gasteiger partial charge < -0.3 is 0 Å². The van der Waals surface area contributed by atoms with Crippen molar-refractivity contribution in [3.8, 4) is 23.0 Å². The van der Waals surface area contributed by atoms with E-state index < -0.39 is 0 Å². The molecule has 2 aromatic carbocycles. The van der Waals surface area contributed by atoms with Gasteiger partial charge in [0.1, 0.15) is 0 Å². The molecule has 0 aliphatic heterocycles. The van der Waals surface area contributed by atoms with Crippen LogP contribution in [0.4, 0.5) is 0 Å². The summed E-state index contributed by atoms with van der Waals surface area (Å²) in [7, 11) is 0. The molecule has 0 amide bonds. The minimum Gasteiger partial charge on any atom is -0.0876 e. The van der Waals surface area contributed by atoms with Crippen molar-refractivity contribution in [1.29, 1.82) is 0 Å². The van der Waals surface area contributed by atoms with E-state index in [1.54, 1.807) is 0 Å². The molecule has 0 aromatic heterocycles. The molecule has 5 rings (SSSR count). The normalized spacial score (nSPS) is 27.0. The van der Waals surface area contributed by atoms with Crippen molar-refractivity contribution >= 4 is 0 Å². The lowest BCUT2D eigenvalue weighted by molar-refractivity contribution is 0.212. The standard InChI is InChI=1S/C30H28/c1-2-11-24(12-3-1)28-17-6-4-14-26(28)21-20-23-10-8-16-27(22-23)30-19-9-15-25-13-5-7-18-29(25)30/h1-7,9-15,17-18,25,27,29-30H,8,16,19,22H2. The summed E-state index contributed by atoms with van der Waals surface area (Å²) in [5, 5.41) is 0. The Kier molecular flexibility index (Phi) is 5.54. The van der Waals surface area contributed by atoms with Crippen molar-refractivity contribution in [3.63, 3.8) is 0 Å². The Bertz CT molecular complexity index is 1070. The molecular formula is C30H28. The highest BCUT2D eigenvalue weighted by molar-refractivity contribution is 5.71. The number of benzene rings is 2. The first-order valence-electron chi connectivity index (χ1n) is 11.3. The van der Waals surface area contributed by atoms with Gasteiger partial charge >= 0.3 is 0 Å². The highest BCUT2D eigenvalue weighted by Crippen LogP contribution is 2.43. The second-order valence-electron chi connectivity index (χ2n) is 8.68. The van der Waals surface area contributed by atoms with Crippen LogP contribution in [0.25, 0.3) is 11.1 Å². The third-order valence-corrected chi connectivity index (χ3v) is 6.87. The Morgan fingerprint density at radius 3 is 2.57 bits per heavy atom. The van der Waals surface area contributed by atoms with Crippen LogP contribution in [-0.2, 0) is 0 Å². The number of allylic oxidation sites excluding steroid dienone is 8. The number of hydrogen-bond donors (Lipinski definition) is 0. The zero-order valence-corrected chi connectivity index (χ0v) is 17.4. The molecule has 0 fully saturated rings. The van der Waals surface area contributed by atoms with Gasteiger partial charge in [0.05, 0.1) is 0 Å². The third kappa shape index (κ3) is 3.99. The summed E-state index contributed by atoms with van der Waals surface area (Å²) < 4.78 is 0. The van der Waals surface area contributed by atoms with Crippen molar-refractivity contribution in [2.24, 2.45) is 23.7 Å². The molecule has 0 nitrogen and oxygen atoms in total. The van der Waals surface area contributed by atoms with Gasteiger partial charge in [0.2, 0.25) is 0 Å². The Morgan fingerprint density at radius 2 is 1.63 bits per heavy atom. The van der Waals surface area contributed by atoms with Crippen molar-refractivity contribution in [3.05, 3.63) is 108 Å². The largest absolute Gasteiger partial charge is 0.0876 e. The van der Waals surface area contributed by atoms with E-state index >= 15 is 0 Å². The van der Waals surface area contributed by atoms with Gasteiger partial charge in [-0.2, -0.15) is 0 Å². The van der Waals surface area contributed by atoms with Crippen LogP contribution in [-0.4, -0.2) is 0 Å². The molecule has 0 saturated heterocycles. The van der Waals surface area contributed by atoms with Crippen LogP contribution in [0.15, 0.2) is 103 Å². The van der Waals surface area contributed by atoms with E-state index in [0.717, 1.165) is 30.2 Å². The summed E-state index contributed by atoms with van der Waals surface area (Å²) in [6, 6.07) is 19.1. The zero-order valence-electron chi connectivity index (χ0n) is 17.4. The molecule has 0 heteroatoms. The highest BCUT2D eigenvalue weighted by Gasteiger charge is 2.34. The summed E-state index contributed by atoms with van der Waals surface area (Å²) in [6.07, 6.45) is 21.2. The predicted molar refractivity (Wildman–Crippen MR) is 127 cm³/mol. The van der Waals surface area contributed by atoms with Gasteiger partial charge in [-0.1, -0.05) is 103 Å². The second kappa shape index (κ2) is 8.76. The topological polar surface area (TPSA) is 0 Å². The Morgan fingerprint density at radius 1 is 0.800 bits per heavy atom. The molecule has 30 heavy (non-hydrogen) atoms. The van der Waals surface area contributed by atoms with Gasteiger partial charge in [0, 0.05) is 11.5 Å². The first kappa shape index (κ1) is 19.0. The van der Waals surface area contributed by atoms with Crippen LogP contribution in [0.5, 0.6) is 0 Å². The van der Waals surface area contributed by atoms with Crippen LogP contribution in [0.1, 0.15) is 31.2 Å². The van der Waals surface area contributed by atoms with E-state index in [1.807, 2.05) is 0 Å². The lowest BCUT2D eigenvalue weighted by Gasteiger charge is -2.39. The monoisotopic (exact) mass is 388 g/mol. The van der Waals surface area contributed by atoms with Gasteiger partial charge in [-0.3, -0.25) is 0 Å². The van der Waals surface area contributed by atoms with E-state index in [1.165, 1.54) is 29.5 Å². The minimum absolute atomic E-state index is 0.590. The third-order valence-electron chi connectivity index (χ3n) is 6.87. The van der Waals surface area contributed by atoms with E-state index in [0.29, 0.717) is 11.8 Å². The first-order chi connectivity index (χ1) is 14.9. The highest BCUT2D eigenvalue weighted by atomic mass is 14.4. The summed E-state index contributed by atoms with van der Waals surface area (Å²) >= 11 is 0. The van der Waals surface area contributed by atoms with Crippen molar-refractivity contribution < 1.29 is 0 Å². The summed E-state index contributed by atoms with van der Waals surface area (Å²) in [5.41, 5.74) is 4.90. The van der Waals surface area contributed by atoms with Gasteiger partial charge in [-0.25, -0.2) is 0 Å². The van der Waals surface area contributed by atoms with Gasteiger partial charge in [0.25, 0.3) is 0 Å². The predicted octanol–water partition coefficient (Wildman–Crippen LogP) is 7.37. The van der Waals surface area contributed by atoms with Crippen LogP contribution < -0.4 is 0 Å². The number of rotatable bonds is 2. The van der Waals surface area contributed by atoms with Gasteiger partial charge in [0.15, 0.2) is 0 Å². The Balaban J connectivity index is 1.35. The number of hydrogen-bond acceptors (Lipinski definition) is 0. The van der Waals surface area contributed by atoms with E-state index in [9.17, 15) is 0 Å². The van der Waals surface area contributed by atoms with Gasteiger partial charge in [-0.05, 0) is 66.2 Å². The van der Waals surface area contributed by atoms with Gasteiger partial charge in [-0.15, -0.1) is 0 Å². The maximum atomic E-state index is 3.55. The fourth-order valence-corrected chi connectivity index (χ4v) is 5.33. The molecule has 2 aromatic rings. The smallest absolute Gasteiger partial charge is 0.0327 e. The van der Waals surface area contributed by atoms with Crippen LogP contribution in [0, 0.1) is 35.5 Å². The molecule has 0 heterocycles. The second-order valence-corrected chi connectivity index (χ2v) is 8.68. The molecule has 148 valence electrons. The maximum Gasteiger partial charge on any atom is 0.0327 e. The van der Waals surface area contributed by atoms with E-state index in [2.05, 4.69) is 109 Å². The number of fused-ring (bicyclic) bond motifs is 1. The van der Waals surface area contributed by atoms with Crippen molar-refractivity contribution in [2.45, 2.75) is 25.7 Å². The molecule has 0 saturated carbocycles. The van der Waals surface area contributed by atoms with Crippen LogP contribution in [0.3, 0.4) is 0 Å². The molecule has 4 unspecified atom stereocenters. The summed E-state index contributed by atoms with van der Waals surface area (Å²) in [6.45, 7) is 0. The molecule has 3 aliphatic rings. The summed E-state index contributed by atoms with van der Waals surface area (Å²) in [5.74, 6) is 9.78. The van der Waals surface area contributed by atoms with Crippen LogP contribution in [0.2, 0.25) is 0 Å². The fraction of sp³-hybridized carbons (Fsp3) is 0.267. The first-order valence-corrected chi connectivity index (χ1v) is 11.3. The average molecular weight is 389 g/mol. The molecule has 0 bridgehead atoms. The SMILES string of the molecule is C(#Cc1ccccc1-c1ccccc1)C1=CCCC(C2CC=CC3C=CC=CC32)C1. The quantitative estimate of drug-likeness (QED) is 0.372. The molecular weight excluding hydrogens is 360 g/mol. The van der Waals surface area contributed by atoms with E-state index in [-0.39, 0.29) is 0 Å². The molecule has 0 spiro atoms. The maximum absolute atomic E-state index is 3.55. The lowest BCUT2D eigenvalue weighted by atomic mass is 9.65. The fourth-order valence-electron chi connectivity index (χ4n) is 5.33.